The number of amides is 1. The minimum atomic E-state index is -0.319. The van der Waals surface area contributed by atoms with Crippen molar-refractivity contribution in [3.63, 3.8) is 0 Å². The number of anilines is 2. The van der Waals surface area contributed by atoms with Crippen molar-refractivity contribution in [3.05, 3.63) is 72.3 Å². The number of benzene rings is 3. The Morgan fingerprint density at radius 1 is 1.00 bits per heavy atom. The first-order valence-corrected chi connectivity index (χ1v) is 12.4. The van der Waals surface area contributed by atoms with E-state index in [1.54, 1.807) is 37.3 Å². The van der Waals surface area contributed by atoms with E-state index in [9.17, 15) is 4.79 Å². The topological polar surface area (TPSA) is 77.3 Å². The smallest absolute Gasteiger partial charge is 0.261 e. The van der Waals surface area contributed by atoms with Crippen molar-refractivity contribution in [3.8, 4) is 23.0 Å². The number of nitrogens with two attached hydrogens (primary N) is 1. The van der Waals surface area contributed by atoms with Gasteiger partial charge in [0, 0.05) is 43.4 Å². The molecular formula is C29H33N3O4. The van der Waals surface area contributed by atoms with E-state index in [-0.39, 0.29) is 11.6 Å². The van der Waals surface area contributed by atoms with Crippen molar-refractivity contribution >= 4 is 17.3 Å². The number of hydrogen-bond acceptors (Lipinski definition) is 6. The van der Waals surface area contributed by atoms with E-state index in [2.05, 4.69) is 11.9 Å². The standard InChI is InChI=1S/C29H33N3O4/c1-31(21-11-13-23(14-12-21)35-26-15-10-20(30)19-27(26)34-3)28(33)24-8-4-5-9-25(24)36-29-17-6-7-22(16-18-29)32(29)2/h4-5,8-15,19,22H,6-7,16-18,30H2,1-3H3. The van der Waals surface area contributed by atoms with Gasteiger partial charge in [-0.25, -0.2) is 0 Å². The highest BCUT2D eigenvalue weighted by Gasteiger charge is 2.49. The number of fused-ring (bicyclic) bond motifs is 2. The molecule has 3 aromatic carbocycles. The van der Waals surface area contributed by atoms with Crippen LogP contribution in [-0.4, -0.2) is 43.8 Å². The monoisotopic (exact) mass is 487 g/mol. The van der Waals surface area contributed by atoms with Crippen molar-refractivity contribution in [2.45, 2.75) is 43.9 Å². The molecule has 0 spiro atoms. The number of methoxy groups -OCH3 is 1. The lowest BCUT2D eigenvalue weighted by Gasteiger charge is -2.42. The van der Waals surface area contributed by atoms with Crippen molar-refractivity contribution in [1.29, 1.82) is 0 Å². The van der Waals surface area contributed by atoms with Gasteiger partial charge in [-0.3, -0.25) is 9.69 Å². The van der Waals surface area contributed by atoms with Crippen LogP contribution < -0.4 is 24.8 Å². The molecule has 188 valence electrons. The Kier molecular flexibility index (Phi) is 6.49. The Morgan fingerprint density at radius 3 is 2.56 bits per heavy atom. The van der Waals surface area contributed by atoms with Gasteiger partial charge in [-0.1, -0.05) is 12.1 Å². The Hall–Kier alpha value is -3.71. The molecule has 2 bridgehead atoms. The number of rotatable bonds is 7. The third kappa shape index (κ3) is 4.46. The highest BCUT2D eigenvalue weighted by atomic mass is 16.5. The van der Waals surface area contributed by atoms with Gasteiger partial charge in [0.1, 0.15) is 11.5 Å². The predicted octanol–water partition coefficient (Wildman–Crippen LogP) is 5.70. The maximum Gasteiger partial charge on any atom is 0.261 e. The zero-order valence-corrected chi connectivity index (χ0v) is 21.1. The average Bonchev–Trinajstić information content (AvgIpc) is 3.05. The molecule has 2 heterocycles. The number of carbonyl (C=O) groups excluding carboxylic acids is 1. The summed E-state index contributed by atoms with van der Waals surface area (Å²) >= 11 is 0. The normalized spacial score (nSPS) is 21.1. The molecule has 0 aromatic heterocycles. The lowest BCUT2D eigenvalue weighted by Crippen LogP contribution is -2.52. The molecule has 3 aromatic rings. The van der Waals surface area contributed by atoms with Crippen molar-refractivity contribution in [1.82, 2.24) is 4.90 Å². The highest BCUT2D eigenvalue weighted by Crippen LogP contribution is 2.44. The SMILES string of the molecule is COc1cc(N)ccc1Oc1ccc(N(C)C(=O)c2ccccc2OC23CCCC(CC2)N3C)cc1. The summed E-state index contributed by atoms with van der Waals surface area (Å²) in [5, 5.41) is 0. The fourth-order valence-corrected chi connectivity index (χ4v) is 5.39. The molecule has 7 heteroatoms. The van der Waals surface area contributed by atoms with E-state index in [1.807, 2.05) is 48.5 Å². The van der Waals surface area contributed by atoms with E-state index in [4.69, 9.17) is 19.9 Å². The molecule has 1 amide bonds. The average molecular weight is 488 g/mol. The van der Waals surface area contributed by atoms with Crippen LogP contribution >= 0.6 is 0 Å². The van der Waals surface area contributed by atoms with Crippen molar-refractivity contribution in [2.24, 2.45) is 0 Å². The van der Waals surface area contributed by atoms with Crippen molar-refractivity contribution < 1.29 is 19.0 Å². The lowest BCUT2D eigenvalue weighted by molar-refractivity contribution is -0.0825. The number of para-hydroxylation sites is 1. The van der Waals surface area contributed by atoms with Gasteiger partial charge in [-0.15, -0.1) is 0 Å². The Morgan fingerprint density at radius 2 is 1.78 bits per heavy atom. The molecule has 0 aliphatic carbocycles. The Bertz CT molecular complexity index is 1240. The van der Waals surface area contributed by atoms with E-state index < -0.39 is 0 Å². The quantitative estimate of drug-likeness (QED) is 0.431. The summed E-state index contributed by atoms with van der Waals surface area (Å²) in [4.78, 5) is 17.6. The minimum absolute atomic E-state index is 0.121. The molecule has 5 rings (SSSR count). The number of ether oxygens (including phenoxy) is 3. The van der Waals surface area contributed by atoms with Gasteiger partial charge >= 0.3 is 0 Å². The third-order valence-corrected chi connectivity index (χ3v) is 7.53. The number of nitrogens with zero attached hydrogens (tertiary/aromatic N) is 2. The number of carbonyl (C=O) groups is 1. The van der Waals surface area contributed by atoms with Crippen LogP contribution in [0.4, 0.5) is 11.4 Å². The molecule has 2 fully saturated rings. The first kappa shape index (κ1) is 24.0. The van der Waals surface area contributed by atoms with Gasteiger partial charge in [-0.2, -0.15) is 0 Å². The van der Waals surface area contributed by atoms with Crippen molar-refractivity contribution in [2.75, 3.05) is 31.8 Å². The summed E-state index contributed by atoms with van der Waals surface area (Å²) < 4.78 is 18.0. The molecular weight excluding hydrogens is 454 g/mol. The molecule has 36 heavy (non-hydrogen) atoms. The number of hydrogen-bond donors (Lipinski definition) is 1. The fraction of sp³-hybridized carbons (Fsp3) is 0.345. The Balaban J connectivity index is 1.33. The second-order valence-electron chi connectivity index (χ2n) is 9.61. The molecule has 0 saturated carbocycles. The summed E-state index contributed by atoms with van der Waals surface area (Å²) in [6, 6.07) is 20.7. The summed E-state index contributed by atoms with van der Waals surface area (Å²) in [7, 11) is 5.50. The lowest BCUT2D eigenvalue weighted by atomic mass is 10.00. The maximum atomic E-state index is 13.6. The fourth-order valence-electron chi connectivity index (χ4n) is 5.39. The number of nitrogen functional groups attached to an aromatic ring is 1. The van der Waals surface area contributed by atoms with Gasteiger partial charge < -0.3 is 24.8 Å². The molecule has 2 unspecified atom stereocenters. The number of piperidine rings is 1. The largest absolute Gasteiger partial charge is 0.493 e. The first-order valence-electron chi connectivity index (χ1n) is 12.4. The van der Waals surface area contributed by atoms with Crippen LogP contribution in [0.5, 0.6) is 23.0 Å². The molecule has 7 nitrogen and oxygen atoms in total. The third-order valence-electron chi connectivity index (χ3n) is 7.53. The summed E-state index contributed by atoms with van der Waals surface area (Å²) in [6.07, 6.45) is 5.49. The van der Waals surface area contributed by atoms with Gasteiger partial charge in [0.05, 0.1) is 12.7 Å². The van der Waals surface area contributed by atoms with Gasteiger partial charge in [0.25, 0.3) is 5.91 Å². The molecule has 0 radical (unpaired) electrons. The second kappa shape index (κ2) is 9.74. The van der Waals surface area contributed by atoms with Crippen LogP contribution in [0.25, 0.3) is 0 Å². The summed E-state index contributed by atoms with van der Waals surface area (Å²) in [5.74, 6) is 2.26. The zero-order valence-electron chi connectivity index (χ0n) is 21.1. The zero-order chi connectivity index (χ0) is 25.3. The van der Waals surface area contributed by atoms with E-state index in [0.29, 0.717) is 40.3 Å². The molecule has 2 aliphatic rings. The second-order valence-corrected chi connectivity index (χ2v) is 9.61. The van der Waals surface area contributed by atoms with E-state index in [1.165, 1.54) is 6.42 Å². The maximum absolute atomic E-state index is 13.6. The van der Waals surface area contributed by atoms with Crippen LogP contribution in [0.1, 0.15) is 42.5 Å². The van der Waals surface area contributed by atoms with Crippen LogP contribution in [0.2, 0.25) is 0 Å². The summed E-state index contributed by atoms with van der Waals surface area (Å²) in [6.45, 7) is 0. The van der Waals surface area contributed by atoms with Crippen LogP contribution in [-0.2, 0) is 0 Å². The molecule has 2 N–H and O–H groups in total. The highest BCUT2D eigenvalue weighted by molar-refractivity contribution is 6.07. The van der Waals surface area contributed by atoms with Crippen LogP contribution in [0.15, 0.2) is 66.7 Å². The molecule has 2 atom stereocenters. The predicted molar refractivity (Wildman–Crippen MR) is 141 cm³/mol. The molecule has 2 saturated heterocycles. The summed E-state index contributed by atoms with van der Waals surface area (Å²) in [5.41, 5.74) is 7.42. The molecule has 2 aliphatic heterocycles. The van der Waals surface area contributed by atoms with Gasteiger partial charge in [0.15, 0.2) is 17.2 Å². The van der Waals surface area contributed by atoms with Gasteiger partial charge in [-0.05, 0) is 74.8 Å². The van der Waals surface area contributed by atoms with Gasteiger partial charge in [0.2, 0.25) is 0 Å². The van der Waals surface area contributed by atoms with Crippen LogP contribution in [0, 0.1) is 0 Å². The minimum Gasteiger partial charge on any atom is -0.493 e. The van der Waals surface area contributed by atoms with Crippen LogP contribution in [0.3, 0.4) is 0 Å². The van der Waals surface area contributed by atoms with E-state index >= 15 is 0 Å². The first-order chi connectivity index (χ1) is 17.4. The van der Waals surface area contributed by atoms with E-state index in [0.717, 1.165) is 31.4 Å². The Labute approximate surface area is 212 Å².